The quantitative estimate of drug-likeness (QED) is 0.778. The number of nitrogens with one attached hydrogen (secondary N) is 1. The Balaban J connectivity index is 1.97. The van der Waals surface area contributed by atoms with Crippen LogP contribution in [0, 0.1) is 5.82 Å². The summed E-state index contributed by atoms with van der Waals surface area (Å²) in [5.41, 5.74) is -1.12. The molecule has 1 aromatic heterocycles. The Kier molecular flexibility index (Phi) is 1.90. The van der Waals surface area contributed by atoms with Gasteiger partial charge in [-0.2, -0.15) is 0 Å². The first kappa shape index (κ1) is 8.41. The van der Waals surface area contributed by atoms with Gasteiger partial charge in [0, 0.05) is 6.20 Å². The number of pyridine rings is 1. The lowest BCUT2D eigenvalue weighted by Gasteiger charge is -2.07. The Morgan fingerprint density at radius 2 is 2.31 bits per heavy atom. The molecule has 4 heteroatoms. The molecule has 1 N–H and O–H groups in total. The van der Waals surface area contributed by atoms with E-state index in [9.17, 15) is 8.78 Å². The highest BCUT2D eigenvalue weighted by molar-refractivity contribution is 5.36. The molecular formula is C9H10F2N2. The molecule has 0 spiro atoms. The van der Waals surface area contributed by atoms with Crippen LogP contribution in [0.25, 0.3) is 0 Å². The van der Waals surface area contributed by atoms with E-state index in [1.165, 1.54) is 18.3 Å². The van der Waals surface area contributed by atoms with E-state index in [2.05, 4.69) is 10.3 Å². The van der Waals surface area contributed by atoms with E-state index in [4.69, 9.17) is 0 Å². The van der Waals surface area contributed by atoms with Crippen LogP contribution in [0.5, 0.6) is 0 Å². The molecule has 1 aromatic rings. The summed E-state index contributed by atoms with van der Waals surface area (Å²) in [6.07, 6.45) is 2.60. The van der Waals surface area contributed by atoms with Gasteiger partial charge in [0.1, 0.15) is 5.67 Å². The first-order valence-electron chi connectivity index (χ1n) is 4.23. The second-order valence-electron chi connectivity index (χ2n) is 3.34. The van der Waals surface area contributed by atoms with Crippen LogP contribution in [0.2, 0.25) is 0 Å². The smallest absolute Gasteiger partial charge is 0.165 e. The second kappa shape index (κ2) is 2.94. The fraction of sp³-hybridized carbons (Fsp3) is 0.444. The van der Waals surface area contributed by atoms with Crippen LogP contribution in [-0.2, 0) is 0 Å². The maximum absolute atomic E-state index is 13.1. The molecule has 13 heavy (non-hydrogen) atoms. The molecule has 0 bridgehead atoms. The van der Waals surface area contributed by atoms with Gasteiger partial charge in [-0.15, -0.1) is 0 Å². The number of hydrogen-bond acceptors (Lipinski definition) is 2. The van der Waals surface area contributed by atoms with Gasteiger partial charge in [0.05, 0.1) is 6.54 Å². The van der Waals surface area contributed by atoms with Gasteiger partial charge in [0.15, 0.2) is 11.6 Å². The summed E-state index contributed by atoms with van der Waals surface area (Å²) in [5, 5.41) is 2.65. The van der Waals surface area contributed by atoms with E-state index in [1.807, 2.05) is 0 Å². The highest BCUT2D eigenvalue weighted by Gasteiger charge is 2.42. The zero-order valence-electron chi connectivity index (χ0n) is 7.06. The summed E-state index contributed by atoms with van der Waals surface area (Å²) in [6.45, 7) is 0.154. The van der Waals surface area contributed by atoms with Crippen LogP contribution >= 0.6 is 0 Å². The summed E-state index contributed by atoms with van der Waals surface area (Å²) >= 11 is 0. The van der Waals surface area contributed by atoms with E-state index >= 15 is 0 Å². The summed E-state index contributed by atoms with van der Waals surface area (Å²) < 4.78 is 26.0. The first-order valence-corrected chi connectivity index (χ1v) is 4.23. The zero-order valence-corrected chi connectivity index (χ0v) is 7.06. The number of alkyl halides is 1. The molecule has 0 amide bonds. The SMILES string of the molecule is Fc1cccnc1NCC1(F)CC1. The Labute approximate surface area is 75.0 Å². The van der Waals surface area contributed by atoms with Crippen molar-refractivity contribution >= 4 is 5.82 Å². The molecule has 0 aromatic carbocycles. The minimum absolute atomic E-state index is 0.131. The molecule has 0 unspecified atom stereocenters. The number of nitrogens with zero attached hydrogens (tertiary/aromatic N) is 1. The fourth-order valence-electron chi connectivity index (χ4n) is 1.07. The molecule has 70 valence electrons. The molecule has 1 aliphatic rings. The molecule has 1 heterocycles. The van der Waals surface area contributed by atoms with Crippen LogP contribution in [0.15, 0.2) is 18.3 Å². The highest BCUT2D eigenvalue weighted by atomic mass is 19.1. The van der Waals surface area contributed by atoms with Gasteiger partial charge in [-0.1, -0.05) is 0 Å². The maximum Gasteiger partial charge on any atom is 0.165 e. The van der Waals surface area contributed by atoms with Crippen molar-refractivity contribution in [3.05, 3.63) is 24.1 Å². The Morgan fingerprint density at radius 1 is 1.54 bits per heavy atom. The van der Waals surface area contributed by atoms with Crippen molar-refractivity contribution in [2.24, 2.45) is 0 Å². The third kappa shape index (κ3) is 1.94. The van der Waals surface area contributed by atoms with Crippen molar-refractivity contribution in [1.82, 2.24) is 4.98 Å². The number of aromatic nitrogens is 1. The van der Waals surface area contributed by atoms with Crippen LogP contribution in [0.1, 0.15) is 12.8 Å². The van der Waals surface area contributed by atoms with E-state index in [-0.39, 0.29) is 12.4 Å². The molecule has 1 fully saturated rings. The molecule has 0 radical (unpaired) electrons. The lowest BCUT2D eigenvalue weighted by molar-refractivity contribution is 0.326. The van der Waals surface area contributed by atoms with Gasteiger partial charge in [-0.25, -0.2) is 13.8 Å². The monoisotopic (exact) mass is 184 g/mol. The van der Waals surface area contributed by atoms with E-state index in [1.54, 1.807) is 0 Å². The topological polar surface area (TPSA) is 24.9 Å². The Bertz CT molecular complexity index is 310. The van der Waals surface area contributed by atoms with Crippen LogP contribution in [0.4, 0.5) is 14.6 Å². The number of rotatable bonds is 3. The van der Waals surface area contributed by atoms with Gasteiger partial charge in [-0.05, 0) is 25.0 Å². The third-order valence-electron chi connectivity index (χ3n) is 2.12. The van der Waals surface area contributed by atoms with Crippen molar-refractivity contribution in [2.45, 2.75) is 18.5 Å². The summed E-state index contributed by atoms with van der Waals surface area (Å²) in [7, 11) is 0. The number of anilines is 1. The third-order valence-corrected chi connectivity index (χ3v) is 2.12. The highest BCUT2D eigenvalue weighted by Crippen LogP contribution is 2.39. The average molecular weight is 184 g/mol. The molecule has 2 rings (SSSR count). The minimum Gasteiger partial charge on any atom is -0.364 e. The summed E-state index contributed by atoms with van der Waals surface area (Å²) in [6, 6.07) is 2.80. The van der Waals surface area contributed by atoms with Crippen LogP contribution in [-0.4, -0.2) is 17.2 Å². The summed E-state index contributed by atoms with van der Waals surface area (Å²) in [5.74, 6) is -0.307. The standard InChI is InChI=1S/C9H10F2N2/c10-7-2-1-5-12-8(7)13-6-9(11)3-4-9/h1-2,5H,3-4,6H2,(H,12,13). The Hall–Kier alpha value is -1.19. The lowest BCUT2D eigenvalue weighted by atomic mass is 10.3. The van der Waals surface area contributed by atoms with Crippen molar-refractivity contribution < 1.29 is 8.78 Å². The Morgan fingerprint density at radius 3 is 2.92 bits per heavy atom. The molecule has 0 atom stereocenters. The fourth-order valence-corrected chi connectivity index (χ4v) is 1.07. The minimum atomic E-state index is -1.12. The van der Waals surface area contributed by atoms with Crippen molar-refractivity contribution in [1.29, 1.82) is 0 Å². The maximum atomic E-state index is 13.1. The van der Waals surface area contributed by atoms with E-state index < -0.39 is 11.5 Å². The van der Waals surface area contributed by atoms with Crippen LogP contribution < -0.4 is 5.32 Å². The molecule has 0 saturated heterocycles. The van der Waals surface area contributed by atoms with Gasteiger partial charge >= 0.3 is 0 Å². The molecular weight excluding hydrogens is 174 g/mol. The van der Waals surface area contributed by atoms with Crippen molar-refractivity contribution in [3.63, 3.8) is 0 Å². The van der Waals surface area contributed by atoms with Gasteiger partial charge < -0.3 is 5.32 Å². The average Bonchev–Trinajstić information content (AvgIpc) is 2.83. The van der Waals surface area contributed by atoms with E-state index in [0.29, 0.717) is 12.8 Å². The zero-order chi connectivity index (χ0) is 9.31. The molecule has 0 aliphatic heterocycles. The first-order chi connectivity index (χ1) is 6.20. The van der Waals surface area contributed by atoms with Crippen molar-refractivity contribution in [2.75, 3.05) is 11.9 Å². The predicted molar refractivity (Wildman–Crippen MR) is 45.8 cm³/mol. The number of hydrogen-bond donors (Lipinski definition) is 1. The second-order valence-corrected chi connectivity index (χ2v) is 3.34. The van der Waals surface area contributed by atoms with Gasteiger partial charge in [-0.3, -0.25) is 0 Å². The summed E-state index contributed by atoms with van der Waals surface area (Å²) in [4.78, 5) is 3.76. The van der Waals surface area contributed by atoms with Gasteiger partial charge in [0.25, 0.3) is 0 Å². The van der Waals surface area contributed by atoms with Crippen LogP contribution in [0.3, 0.4) is 0 Å². The molecule has 1 aliphatic carbocycles. The van der Waals surface area contributed by atoms with Crippen molar-refractivity contribution in [3.8, 4) is 0 Å². The predicted octanol–water partition coefficient (Wildman–Crippen LogP) is 2.13. The normalized spacial score (nSPS) is 18.3. The van der Waals surface area contributed by atoms with Gasteiger partial charge in [0.2, 0.25) is 0 Å². The molecule has 2 nitrogen and oxygen atoms in total. The van der Waals surface area contributed by atoms with E-state index in [0.717, 1.165) is 0 Å². The molecule has 1 saturated carbocycles. The number of halogens is 2. The largest absolute Gasteiger partial charge is 0.364 e. The lowest BCUT2D eigenvalue weighted by Crippen LogP contribution is -2.17.